The number of guanidine groups is 1. The number of nitrogens with zero attached hydrogens (tertiary/aromatic N) is 3. The van der Waals surface area contributed by atoms with Crippen LogP contribution in [0.4, 0.5) is 0 Å². The number of ether oxygens (including phenoxy) is 3. The summed E-state index contributed by atoms with van der Waals surface area (Å²) in [6, 6.07) is 0. The summed E-state index contributed by atoms with van der Waals surface area (Å²) in [5.41, 5.74) is 0. The third-order valence-electron chi connectivity index (χ3n) is 4.87. The molecule has 1 N–H and O–H groups in total. The van der Waals surface area contributed by atoms with E-state index in [1.165, 1.54) is 25.8 Å². The summed E-state index contributed by atoms with van der Waals surface area (Å²) in [5, 5.41) is 3.52. The number of hydrogen-bond donors (Lipinski definition) is 1. The summed E-state index contributed by atoms with van der Waals surface area (Å²) in [6.45, 7) is 10.4. The molecule has 0 spiro atoms. The molecule has 2 aliphatic rings. The molecule has 0 bridgehead atoms. The number of morpholine rings is 1. The summed E-state index contributed by atoms with van der Waals surface area (Å²) >= 11 is 0. The Hall–Kier alpha value is -0.160. The van der Waals surface area contributed by atoms with Gasteiger partial charge in [-0.2, -0.15) is 0 Å². The Balaban J connectivity index is 0.00000338. The molecule has 2 aliphatic heterocycles. The van der Waals surface area contributed by atoms with E-state index in [4.69, 9.17) is 14.2 Å². The van der Waals surface area contributed by atoms with Crippen LogP contribution in [0, 0.1) is 5.92 Å². The Bertz CT molecular complexity index is 381. The highest BCUT2D eigenvalue weighted by atomic mass is 127. The smallest absolute Gasteiger partial charge is 0.193 e. The van der Waals surface area contributed by atoms with Crippen LogP contribution in [-0.4, -0.2) is 102 Å². The van der Waals surface area contributed by atoms with Crippen molar-refractivity contribution >= 4 is 29.9 Å². The second-order valence-electron chi connectivity index (χ2n) is 6.80. The first-order valence-electron chi connectivity index (χ1n) is 9.66. The van der Waals surface area contributed by atoms with Gasteiger partial charge in [0.25, 0.3) is 0 Å². The molecule has 0 aromatic rings. The zero-order valence-corrected chi connectivity index (χ0v) is 18.8. The second kappa shape index (κ2) is 14.8. The van der Waals surface area contributed by atoms with Crippen molar-refractivity contribution < 1.29 is 14.2 Å². The standard InChI is InChI=1S/C18H36N4O3.HI/c1-19-18(20-6-3-4-7-21-9-11-24-12-10-21)22-8-5-17(15-22)16-25-14-13-23-2;/h17H,3-16H2,1-2H3,(H,19,20);1H. The van der Waals surface area contributed by atoms with Crippen molar-refractivity contribution in [3.63, 3.8) is 0 Å². The number of rotatable bonds is 10. The maximum absolute atomic E-state index is 5.66. The van der Waals surface area contributed by atoms with Crippen molar-refractivity contribution in [2.24, 2.45) is 10.9 Å². The lowest BCUT2D eigenvalue weighted by atomic mass is 10.1. The van der Waals surface area contributed by atoms with Gasteiger partial charge in [-0.15, -0.1) is 24.0 Å². The lowest BCUT2D eigenvalue weighted by molar-refractivity contribution is 0.0372. The number of likely N-dealkylation sites (tertiary alicyclic amines) is 1. The Morgan fingerprint density at radius 2 is 2.00 bits per heavy atom. The first-order valence-corrected chi connectivity index (χ1v) is 9.66. The van der Waals surface area contributed by atoms with Gasteiger partial charge in [0.15, 0.2) is 5.96 Å². The second-order valence-corrected chi connectivity index (χ2v) is 6.80. The van der Waals surface area contributed by atoms with Crippen molar-refractivity contribution in [3.05, 3.63) is 0 Å². The van der Waals surface area contributed by atoms with E-state index in [0.29, 0.717) is 19.1 Å². The predicted octanol–water partition coefficient (Wildman–Crippen LogP) is 1.28. The molecule has 0 aromatic heterocycles. The molecule has 2 heterocycles. The highest BCUT2D eigenvalue weighted by Gasteiger charge is 2.24. The van der Waals surface area contributed by atoms with Crippen LogP contribution in [0.5, 0.6) is 0 Å². The monoisotopic (exact) mass is 484 g/mol. The van der Waals surface area contributed by atoms with Gasteiger partial charge in [0.2, 0.25) is 0 Å². The van der Waals surface area contributed by atoms with Crippen LogP contribution >= 0.6 is 24.0 Å². The molecule has 1 unspecified atom stereocenters. The van der Waals surface area contributed by atoms with Crippen LogP contribution in [0.1, 0.15) is 19.3 Å². The number of halogens is 1. The zero-order valence-electron chi connectivity index (χ0n) is 16.5. The van der Waals surface area contributed by atoms with E-state index in [0.717, 1.165) is 58.5 Å². The highest BCUT2D eigenvalue weighted by Crippen LogP contribution is 2.16. The van der Waals surface area contributed by atoms with Crippen LogP contribution in [0.3, 0.4) is 0 Å². The minimum absolute atomic E-state index is 0. The number of methoxy groups -OCH3 is 1. The van der Waals surface area contributed by atoms with E-state index >= 15 is 0 Å². The minimum Gasteiger partial charge on any atom is -0.382 e. The fraction of sp³-hybridized carbons (Fsp3) is 0.944. The molecular weight excluding hydrogens is 447 g/mol. The molecule has 0 aliphatic carbocycles. The topological polar surface area (TPSA) is 58.6 Å². The molecule has 2 saturated heterocycles. The molecule has 0 amide bonds. The quantitative estimate of drug-likeness (QED) is 0.218. The van der Waals surface area contributed by atoms with Crippen molar-refractivity contribution in [2.45, 2.75) is 19.3 Å². The molecule has 0 aromatic carbocycles. The molecule has 1 atom stereocenters. The molecular formula is C18H37IN4O3. The van der Waals surface area contributed by atoms with E-state index in [2.05, 4.69) is 20.1 Å². The SMILES string of the molecule is CN=C(NCCCCN1CCOCC1)N1CCC(COCCOC)C1.I. The Morgan fingerprint density at radius 3 is 2.73 bits per heavy atom. The number of aliphatic imine (C=N–C) groups is 1. The molecule has 154 valence electrons. The Labute approximate surface area is 175 Å². The van der Waals surface area contributed by atoms with E-state index < -0.39 is 0 Å². The molecule has 7 nitrogen and oxygen atoms in total. The van der Waals surface area contributed by atoms with E-state index in [9.17, 15) is 0 Å². The molecule has 0 saturated carbocycles. The first-order chi connectivity index (χ1) is 12.3. The van der Waals surface area contributed by atoms with Crippen LogP contribution in [-0.2, 0) is 14.2 Å². The summed E-state index contributed by atoms with van der Waals surface area (Å²) < 4.78 is 16.1. The average molecular weight is 484 g/mol. The van der Waals surface area contributed by atoms with Gasteiger partial charge in [0.1, 0.15) is 0 Å². The zero-order chi connectivity index (χ0) is 17.7. The van der Waals surface area contributed by atoms with Gasteiger partial charge in [-0.25, -0.2) is 0 Å². The average Bonchev–Trinajstić information content (AvgIpc) is 3.11. The maximum atomic E-state index is 5.66. The first kappa shape index (κ1) is 23.9. The third kappa shape index (κ3) is 9.16. The number of unbranched alkanes of at least 4 members (excludes halogenated alkanes) is 1. The summed E-state index contributed by atoms with van der Waals surface area (Å²) in [5.74, 6) is 1.63. The van der Waals surface area contributed by atoms with E-state index in [1.54, 1.807) is 7.11 Å². The van der Waals surface area contributed by atoms with Crippen LogP contribution in [0.25, 0.3) is 0 Å². The van der Waals surface area contributed by atoms with Crippen LogP contribution in [0.2, 0.25) is 0 Å². The van der Waals surface area contributed by atoms with E-state index in [1.807, 2.05) is 7.05 Å². The van der Waals surface area contributed by atoms with Gasteiger partial charge in [-0.1, -0.05) is 0 Å². The highest BCUT2D eigenvalue weighted by molar-refractivity contribution is 14.0. The summed E-state index contributed by atoms with van der Waals surface area (Å²) in [7, 11) is 3.58. The molecule has 2 rings (SSSR count). The fourth-order valence-corrected chi connectivity index (χ4v) is 3.37. The van der Waals surface area contributed by atoms with Crippen molar-refractivity contribution in [3.8, 4) is 0 Å². The maximum Gasteiger partial charge on any atom is 0.193 e. The lowest BCUT2D eigenvalue weighted by Gasteiger charge is -2.26. The van der Waals surface area contributed by atoms with Gasteiger partial charge < -0.3 is 24.4 Å². The van der Waals surface area contributed by atoms with Crippen molar-refractivity contribution in [1.29, 1.82) is 0 Å². The number of nitrogens with one attached hydrogen (secondary N) is 1. The Morgan fingerprint density at radius 1 is 1.19 bits per heavy atom. The van der Waals surface area contributed by atoms with Crippen molar-refractivity contribution in [2.75, 3.05) is 86.5 Å². The molecule has 8 heteroatoms. The van der Waals surface area contributed by atoms with Gasteiger partial charge in [0, 0.05) is 52.8 Å². The minimum atomic E-state index is 0. The lowest BCUT2D eigenvalue weighted by Crippen LogP contribution is -2.41. The van der Waals surface area contributed by atoms with Gasteiger partial charge in [-0.3, -0.25) is 9.89 Å². The fourth-order valence-electron chi connectivity index (χ4n) is 3.37. The van der Waals surface area contributed by atoms with Gasteiger partial charge in [-0.05, 0) is 25.8 Å². The largest absolute Gasteiger partial charge is 0.382 e. The van der Waals surface area contributed by atoms with Gasteiger partial charge >= 0.3 is 0 Å². The molecule has 26 heavy (non-hydrogen) atoms. The van der Waals surface area contributed by atoms with Crippen LogP contribution < -0.4 is 5.32 Å². The predicted molar refractivity (Wildman–Crippen MR) is 116 cm³/mol. The van der Waals surface area contributed by atoms with E-state index in [-0.39, 0.29) is 24.0 Å². The normalized spacial score (nSPS) is 21.7. The molecule has 2 fully saturated rings. The molecule has 0 radical (unpaired) electrons. The summed E-state index contributed by atoms with van der Waals surface area (Å²) in [4.78, 5) is 9.29. The number of hydrogen-bond acceptors (Lipinski definition) is 5. The van der Waals surface area contributed by atoms with Gasteiger partial charge in [0.05, 0.1) is 33.0 Å². The third-order valence-corrected chi connectivity index (χ3v) is 4.87. The summed E-state index contributed by atoms with van der Waals surface area (Å²) in [6.07, 6.45) is 3.57. The van der Waals surface area contributed by atoms with Crippen molar-refractivity contribution in [1.82, 2.24) is 15.1 Å². The Kier molecular flexibility index (Phi) is 13.6. The van der Waals surface area contributed by atoms with Crippen LogP contribution in [0.15, 0.2) is 4.99 Å².